The van der Waals surface area contributed by atoms with Crippen LogP contribution in [0.2, 0.25) is 0 Å². The van der Waals surface area contributed by atoms with Gasteiger partial charge in [-0.2, -0.15) is 0 Å². The fourth-order valence-corrected chi connectivity index (χ4v) is 6.14. The molecular formula is C26H29FN4O3S. The van der Waals surface area contributed by atoms with E-state index in [9.17, 15) is 18.8 Å². The molecule has 2 aromatic rings. The molecule has 0 saturated carbocycles. The number of anilines is 2. The predicted octanol–water partition coefficient (Wildman–Crippen LogP) is 2.99. The number of piperazine rings is 1. The van der Waals surface area contributed by atoms with Gasteiger partial charge in [0.05, 0.1) is 11.4 Å². The highest BCUT2D eigenvalue weighted by atomic mass is 32.2. The van der Waals surface area contributed by atoms with E-state index >= 15 is 0 Å². The molecular weight excluding hydrogens is 467 g/mol. The minimum absolute atomic E-state index is 0.111. The summed E-state index contributed by atoms with van der Waals surface area (Å²) in [5, 5.41) is -0.867. The van der Waals surface area contributed by atoms with Crippen LogP contribution < -0.4 is 9.80 Å². The van der Waals surface area contributed by atoms with Crippen molar-refractivity contribution in [3.8, 4) is 0 Å². The van der Waals surface area contributed by atoms with E-state index in [0.29, 0.717) is 50.6 Å². The molecule has 3 amide bonds. The number of hydrogen-bond donors (Lipinski definition) is 0. The number of benzene rings is 2. The highest BCUT2D eigenvalue weighted by molar-refractivity contribution is 8.01. The molecule has 0 aliphatic carbocycles. The quantitative estimate of drug-likeness (QED) is 0.609. The van der Waals surface area contributed by atoms with Gasteiger partial charge in [0.1, 0.15) is 12.4 Å². The minimum atomic E-state index is -0.867. The summed E-state index contributed by atoms with van der Waals surface area (Å²) in [6.45, 7) is 3.17. The number of fused-ring (bicyclic) bond motifs is 1. The van der Waals surface area contributed by atoms with Crippen molar-refractivity contribution < 1.29 is 18.8 Å². The first kappa shape index (κ1) is 23.7. The van der Waals surface area contributed by atoms with E-state index in [0.717, 1.165) is 24.2 Å². The maximum atomic E-state index is 14.2. The number of amides is 3. The lowest BCUT2D eigenvalue weighted by Gasteiger charge is -2.39. The Morgan fingerprint density at radius 3 is 2.20 bits per heavy atom. The van der Waals surface area contributed by atoms with E-state index in [2.05, 4.69) is 0 Å². The first-order valence-electron chi connectivity index (χ1n) is 12.2. The van der Waals surface area contributed by atoms with Crippen molar-refractivity contribution in [1.29, 1.82) is 0 Å². The van der Waals surface area contributed by atoms with Crippen LogP contribution in [0.25, 0.3) is 0 Å². The van der Waals surface area contributed by atoms with Crippen LogP contribution in [0.15, 0.2) is 53.4 Å². The zero-order chi connectivity index (χ0) is 24.4. The average Bonchev–Trinajstić information content (AvgIpc) is 2.90. The molecule has 3 aliphatic rings. The molecule has 3 aliphatic heterocycles. The van der Waals surface area contributed by atoms with E-state index < -0.39 is 5.25 Å². The molecule has 2 saturated heterocycles. The Kier molecular flexibility index (Phi) is 6.95. The van der Waals surface area contributed by atoms with Crippen LogP contribution in [-0.4, -0.2) is 78.6 Å². The Morgan fingerprint density at radius 1 is 0.829 bits per heavy atom. The largest absolute Gasteiger partial charge is 0.366 e. The van der Waals surface area contributed by atoms with E-state index in [-0.39, 0.29) is 30.1 Å². The molecule has 0 bridgehead atoms. The molecule has 0 radical (unpaired) electrons. The summed E-state index contributed by atoms with van der Waals surface area (Å²) in [4.78, 5) is 47.7. The van der Waals surface area contributed by atoms with Gasteiger partial charge in [-0.3, -0.25) is 14.4 Å². The molecule has 7 nitrogen and oxygen atoms in total. The number of para-hydroxylation sites is 2. The van der Waals surface area contributed by atoms with E-state index in [1.807, 2.05) is 29.2 Å². The van der Waals surface area contributed by atoms with Crippen LogP contribution in [-0.2, 0) is 14.4 Å². The molecule has 184 valence electrons. The summed E-state index contributed by atoms with van der Waals surface area (Å²) in [6.07, 6.45) is 3.01. The third-order valence-corrected chi connectivity index (χ3v) is 8.14. The molecule has 2 aromatic carbocycles. The molecule has 9 heteroatoms. The van der Waals surface area contributed by atoms with Crippen LogP contribution in [0.1, 0.15) is 19.3 Å². The Hall–Kier alpha value is -3.07. The molecule has 35 heavy (non-hydrogen) atoms. The summed E-state index contributed by atoms with van der Waals surface area (Å²) < 4.78 is 14.2. The Labute approximate surface area is 208 Å². The second kappa shape index (κ2) is 10.3. The van der Waals surface area contributed by atoms with E-state index in [1.54, 1.807) is 28.0 Å². The maximum Gasteiger partial charge on any atom is 0.250 e. The van der Waals surface area contributed by atoms with Gasteiger partial charge >= 0.3 is 0 Å². The highest BCUT2D eigenvalue weighted by Crippen LogP contribution is 2.40. The lowest BCUT2D eigenvalue weighted by atomic mass is 10.1. The summed E-state index contributed by atoms with van der Waals surface area (Å²) >= 11 is 1.28. The lowest BCUT2D eigenvalue weighted by molar-refractivity contribution is -0.137. The van der Waals surface area contributed by atoms with Gasteiger partial charge in [-0.05, 0) is 43.5 Å². The van der Waals surface area contributed by atoms with Gasteiger partial charge in [-0.15, -0.1) is 11.8 Å². The number of piperidine rings is 1. The molecule has 0 N–H and O–H groups in total. The molecule has 0 unspecified atom stereocenters. The van der Waals surface area contributed by atoms with Gasteiger partial charge in [0.25, 0.3) is 5.91 Å². The molecule has 5 rings (SSSR count). The molecule has 0 aromatic heterocycles. The molecule has 1 atom stereocenters. The number of halogens is 1. The van der Waals surface area contributed by atoms with Crippen LogP contribution in [0.4, 0.5) is 15.8 Å². The van der Waals surface area contributed by atoms with Gasteiger partial charge in [0.2, 0.25) is 11.8 Å². The number of carbonyl (C=O) groups excluding carboxylic acids is 3. The van der Waals surface area contributed by atoms with E-state index in [1.165, 1.54) is 22.7 Å². The first-order valence-corrected chi connectivity index (χ1v) is 13.0. The monoisotopic (exact) mass is 496 g/mol. The number of nitrogens with zero attached hydrogens (tertiary/aromatic N) is 4. The topological polar surface area (TPSA) is 64.2 Å². The third-order valence-electron chi connectivity index (χ3n) is 6.90. The van der Waals surface area contributed by atoms with E-state index in [4.69, 9.17) is 0 Å². The second-order valence-corrected chi connectivity index (χ2v) is 10.2. The van der Waals surface area contributed by atoms with Gasteiger partial charge in [0, 0.05) is 44.2 Å². The first-order chi connectivity index (χ1) is 17.0. The van der Waals surface area contributed by atoms with Crippen LogP contribution in [0.5, 0.6) is 0 Å². The lowest BCUT2D eigenvalue weighted by Crippen LogP contribution is -2.55. The zero-order valence-corrected chi connectivity index (χ0v) is 20.4. The number of carbonyl (C=O) groups is 3. The predicted molar refractivity (Wildman–Crippen MR) is 134 cm³/mol. The fourth-order valence-electron chi connectivity index (χ4n) is 4.96. The van der Waals surface area contributed by atoms with Gasteiger partial charge < -0.3 is 19.6 Å². The highest BCUT2D eigenvalue weighted by Gasteiger charge is 2.41. The minimum Gasteiger partial charge on any atom is -0.366 e. The molecule has 0 spiro atoms. The van der Waals surface area contributed by atoms with Crippen LogP contribution >= 0.6 is 11.8 Å². The van der Waals surface area contributed by atoms with Crippen molar-refractivity contribution in [2.24, 2.45) is 0 Å². The van der Waals surface area contributed by atoms with Crippen molar-refractivity contribution in [2.45, 2.75) is 29.4 Å². The van der Waals surface area contributed by atoms with Gasteiger partial charge in [-0.25, -0.2) is 4.39 Å². The summed E-state index contributed by atoms with van der Waals surface area (Å²) in [5.74, 6) is -0.935. The summed E-state index contributed by atoms with van der Waals surface area (Å²) in [5.41, 5.74) is 1.21. The number of likely N-dealkylation sites (tertiary alicyclic amines) is 1. The van der Waals surface area contributed by atoms with Crippen LogP contribution in [0, 0.1) is 5.82 Å². The van der Waals surface area contributed by atoms with Crippen molar-refractivity contribution in [1.82, 2.24) is 9.80 Å². The van der Waals surface area contributed by atoms with Crippen molar-refractivity contribution in [2.75, 3.05) is 55.6 Å². The normalized spacial score (nSPS) is 20.6. The third kappa shape index (κ3) is 4.87. The standard InChI is InChI=1S/C26H29FN4O3S/c27-19-8-2-3-9-20(19)28-14-16-29(17-15-28)23(32)18-31-21-10-4-5-11-22(21)35-24(26(31)34)25(33)30-12-6-1-7-13-30/h2-5,8-11,24H,1,6-7,12-18H2/t24-/m0/s1. The summed E-state index contributed by atoms with van der Waals surface area (Å²) in [7, 11) is 0. The van der Waals surface area contributed by atoms with Gasteiger partial charge in [0.15, 0.2) is 5.25 Å². The molecule has 3 heterocycles. The SMILES string of the molecule is O=C(CN1C(=O)[C@H](C(=O)N2CCCCC2)Sc2ccccc21)N1CCN(c2ccccc2F)CC1. The smallest absolute Gasteiger partial charge is 0.250 e. The van der Waals surface area contributed by atoms with Gasteiger partial charge in [-0.1, -0.05) is 24.3 Å². The summed E-state index contributed by atoms with van der Waals surface area (Å²) in [6, 6.07) is 14.1. The molecule has 2 fully saturated rings. The zero-order valence-electron chi connectivity index (χ0n) is 19.6. The van der Waals surface area contributed by atoms with Crippen molar-refractivity contribution in [3.05, 3.63) is 54.3 Å². The Bertz CT molecular complexity index is 1120. The Morgan fingerprint density at radius 2 is 1.49 bits per heavy atom. The maximum absolute atomic E-state index is 14.2. The number of rotatable bonds is 4. The second-order valence-electron chi connectivity index (χ2n) is 9.10. The Balaban J connectivity index is 1.28. The van der Waals surface area contributed by atoms with Crippen molar-refractivity contribution in [3.63, 3.8) is 0 Å². The fraction of sp³-hybridized carbons (Fsp3) is 0.423. The number of hydrogen-bond acceptors (Lipinski definition) is 5. The average molecular weight is 497 g/mol. The van der Waals surface area contributed by atoms with Crippen molar-refractivity contribution >= 4 is 40.9 Å². The van der Waals surface area contributed by atoms with Crippen LogP contribution in [0.3, 0.4) is 0 Å². The number of thioether (sulfide) groups is 1.